The molecule has 0 aromatic heterocycles. The molecule has 1 N–H and O–H groups in total. The van der Waals surface area contributed by atoms with Gasteiger partial charge in [0, 0.05) is 11.0 Å². The number of fused-ring (bicyclic) bond motifs is 1. The van der Waals surface area contributed by atoms with Crippen molar-refractivity contribution in [2.45, 2.75) is 17.0 Å². The molecule has 1 aromatic carbocycles. The van der Waals surface area contributed by atoms with Gasteiger partial charge < -0.3 is 10.1 Å². The van der Waals surface area contributed by atoms with Crippen molar-refractivity contribution in [2.75, 3.05) is 12.4 Å². The molecule has 1 aliphatic heterocycles. The summed E-state index contributed by atoms with van der Waals surface area (Å²) >= 11 is 0.869. The molecule has 0 atom stereocenters. The van der Waals surface area contributed by atoms with Crippen molar-refractivity contribution in [3.05, 3.63) is 29.3 Å². The highest BCUT2D eigenvalue weighted by molar-refractivity contribution is 8.03. The molecule has 1 aliphatic rings. The molecule has 0 spiro atoms. The van der Waals surface area contributed by atoms with Crippen LogP contribution >= 0.6 is 11.8 Å². The predicted octanol–water partition coefficient (Wildman–Crippen LogP) is 3.82. The Bertz CT molecular complexity index is 612. The van der Waals surface area contributed by atoms with Crippen LogP contribution in [0.25, 0.3) is 0 Å². The van der Waals surface area contributed by atoms with Crippen LogP contribution in [0.15, 0.2) is 34.2 Å². The zero-order chi connectivity index (χ0) is 15.8. The molecule has 0 unspecified atom stereocenters. The number of thioether (sulfide) groups is 1. The van der Waals surface area contributed by atoms with E-state index >= 15 is 0 Å². The van der Waals surface area contributed by atoms with Gasteiger partial charge in [0.15, 0.2) is 0 Å². The van der Waals surface area contributed by atoms with E-state index in [0.717, 1.165) is 11.8 Å². The second kappa shape index (κ2) is 5.21. The van der Waals surface area contributed by atoms with Gasteiger partial charge in [-0.1, -0.05) is 11.8 Å². The molecular weight excluding hydrogens is 317 g/mol. The first-order valence-electron chi connectivity index (χ1n) is 5.49. The van der Waals surface area contributed by atoms with E-state index in [1.807, 2.05) is 0 Å². The van der Waals surface area contributed by atoms with E-state index in [0.29, 0.717) is 16.3 Å². The standard InChI is InChI=1S/C12H8F5NO2S/c1-20-6-2-3-7-8(4-6)21-10(18-7)5-9(19)11(13,14)12(15,16)17/h2-5,18H,1H3/b10-5-. The number of hydrogen-bond acceptors (Lipinski definition) is 4. The number of hydrogen-bond donors (Lipinski definition) is 1. The lowest BCUT2D eigenvalue weighted by Gasteiger charge is -2.16. The fourth-order valence-corrected chi connectivity index (χ4v) is 2.48. The lowest BCUT2D eigenvalue weighted by atomic mass is 10.2. The van der Waals surface area contributed by atoms with E-state index < -0.39 is 17.9 Å². The van der Waals surface area contributed by atoms with Gasteiger partial charge in [0.1, 0.15) is 5.75 Å². The van der Waals surface area contributed by atoms with Crippen molar-refractivity contribution < 1.29 is 31.5 Å². The Morgan fingerprint density at radius 1 is 1.29 bits per heavy atom. The molecule has 1 aromatic rings. The molecule has 0 saturated carbocycles. The number of methoxy groups -OCH3 is 1. The summed E-state index contributed by atoms with van der Waals surface area (Å²) < 4.78 is 66.9. The number of allylic oxidation sites excluding steroid dienone is 1. The molecule has 1 heterocycles. The molecule has 0 radical (unpaired) electrons. The summed E-state index contributed by atoms with van der Waals surface area (Å²) in [5.41, 5.74) is 0.496. The second-order valence-electron chi connectivity index (χ2n) is 4.03. The smallest absolute Gasteiger partial charge is 0.461 e. The first kappa shape index (κ1) is 15.6. The number of halogens is 5. The fraction of sp³-hybridized carbons (Fsp3) is 0.250. The van der Waals surface area contributed by atoms with Crippen LogP contribution < -0.4 is 10.1 Å². The molecule has 2 rings (SSSR count). The third-order valence-electron chi connectivity index (χ3n) is 2.59. The SMILES string of the molecule is COc1ccc2c(c1)S/C(=C\C(=O)C(F)(F)C(F)(F)F)N2. The number of rotatable bonds is 3. The number of ketones is 1. The summed E-state index contributed by atoms with van der Waals surface area (Å²) in [7, 11) is 1.43. The largest absolute Gasteiger partial charge is 0.497 e. The molecule has 0 bridgehead atoms. The minimum atomic E-state index is -5.92. The lowest BCUT2D eigenvalue weighted by molar-refractivity contribution is -0.266. The molecule has 0 amide bonds. The average Bonchev–Trinajstić information content (AvgIpc) is 2.78. The van der Waals surface area contributed by atoms with Crippen LogP contribution in [0.4, 0.5) is 27.6 Å². The molecular formula is C12H8F5NO2S. The average molecular weight is 325 g/mol. The molecule has 0 saturated heterocycles. The summed E-state index contributed by atoms with van der Waals surface area (Å²) in [4.78, 5) is 11.7. The first-order valence-corrected chi connectivity index (χ1v) is 6.30. The maximum Gasteiger partial charge on any atom is 0.461 e. The molecule has 114 valence electrons. The van der Waals surface area contributed by atoms with Gasteiger partial charge in [0.25, 0.3) is 0 Å². The van der Waals surface area contributed by atoms with E-state index in [-0.39, 0.29) is 11.1 Å². The second-order valence-corrected chi connectivity index (χ2v) is 5.12. The number of alkyl halides is 5. The summed E-state index contributed by atoms with van der Waals surface area (Å²) in [5, 5.41) is 2.48. The number of carbonyl (C=O) groups is 1. The highest BCUT2D eigenvalue weighted by Gasteiger charge is 2.62. The molecule has 0 fully saturated rings. The number of ether oxygens (including phenoxy) is 1. The van der Waals surface area contributed by atoms with Gasteiger partial charge in [-0.15, -0.1) is 0 Å². The Balaban J connectivity index is 2.21. The molecule has 3 nitrogen and oxygen atoms in total. The van der Waals surface area contributed by atoms with E-state index in [4.69, 9.17) is 4.74 Å². The fourth-order valence-electron chi connectivity index (χ4n) is 1.51. The first-order chi connectivity index (χ1) is 9.65. The summed E-state index contributed by atoms with van der Waals surface area (Å²) in [5.74, 6) is -7.23. The molecule has 21 heavy (non-hydrogen) atoms. The minimum Gasteiger partial charge on any atom is -0.497 e. The van der Waals surface area contributed by atoms with Crippen LogP contribution in [-0.4, -0.2) is 25.0 Å². The van der Waals surface area contributed by atoms with Gasteiger partial charge in [-0.05, 0) is 18.2 Å². The molecule has 9 heteroatoms. The monoisotopic (exact) mass is 325 g/mol. The third-order valence-corrected chi connectivity index (χ3v) is 3.59. The van der Waals surface area contributed by atoms with Gasteiger partial charge in [0.2, 0.25) is 5.78 Å². The van der Waals surface area contributed by atoms with Gasteiger partial charge in [-0.3, -0.25) is 4.79 Å². The lowest BCUT2D eigenvalue weighted by Crippen LogP contribution is -2.43. The van der Waals surface area contributed by atoms with Crippen molar-refractivity contribution in [3.63, 3.8) is 0 Å². The zero-order valence-corrected chi connectivity index (χ0v) is 11.2. The highest BCUT2D eigenvalue weighted by Crippen LogP contribution is 2.43. The van der Waals surface area contributed by atoms with E-state index in [2.05, 4.69) is 5.32 Å². The Morgan fingerprint density at radius 3 is 2.52 bits per heavy atom. The van der Waals surface area contributed by atoms with Crippen LogP contribution in [0, 0.1) is 0 Å². The van der Waals surface area contributed by atoms with Crippen molar-refractivity contribution in [3.8, 4) is 5.75 Å². The van der Waals surface area contributed by atoms with E-state index in [1.54, 1.807) is 18.2 Å². The van der Waals surface area contributed by atoms with Gasteiger partial charge >= 0.3 is 12.1 Å². The summed E-state index contributed by atoms with van der Waals surface area (Å²) in [6, 6.07) is 4.72. The maximum atomic E-state index is 12.8. The Labute approximate surface area is 120 Å². The van der Waals surface area contributed by atoms with Crippen molar-refractivity contribution in [2.24, 2.45) is 0 Å². The van der Waals surface area contributed by atoms with Crippen molar-refractivity contribution in [1.29, 1.82) is 0 Å². The van der Waals surface area contributed by atoms with Gasteiger partial charge in [-0.2, -0.15) is 22.0 Å². The Hall–Kier alpha value is -1.77. The molecule has 0 aliphatic carbocycles. The van der Waals surface area contributed by atoms with Crippen LogP contribution in [0.1, 0.15) is 0 Å². The van der Waals surface area contributed by atoms with E-state index in [9.17, 15) is 26.7 Å². The summed E-state index contributed by atoms with van der Waals surface area (Å²) in [6.07, 6.45) is -5.66. The third kappa shape index (κ3) is 2.97. The number of anilines is 1. The number of benzene rings is 1. The van der Waals surface area contributed by atoms with Crippen molar-refractivity contribution in [1.82, 2.24) is 0 Å². The maximum absolute atomic E-state index is 12.8. The summed E-state index contributed by atoms with van der Waals surface area (Å²) in [6.45, 7) is 0. The van der Waals surface area contributed by atoms with Crippen LogP contribution in [0.5, 0.6) is 5.75 Å². The van der Waals surface area contributed by atoms with Crippen LogP contribution in [-0.2, 0) is 4.79 Å². The Morgan fingerprint density at radius 2 is 1.95 bits per heavy atom. The number of nitrogens with one attached hydrogen (secondary N) is 1. The zero-order valence-electron chi connectivity index (χ0n) is 10.4. The highest BCUT2D eigenvalue weighted by atomic mass is 32.2. The number of carbonyl (C=O) groups excluding carboxylic acids is 1. The van der Waals surface area contributed by atoms with E-state index in [1.165, 1.54) is 7.11 Å². The van der Waals surface area contributed by atoms with Crippen LogP contribution in [0.3, 0.4) is 0 Å². The quantitative estimate of drug-likeness (QED) is 0.677. The van der Waals surface area contributed by atoms with Crippen LogP contribution in [0.2, 0.25) is 0 Å². The topological polar surface area (TPSA) is 38.3 Å². The van der Waals surface area contributed by atoms with Gasteiger partial charge in [-0.25, -0.2) is 0 Å². The van der Waals surface area contributed by atoms with Gasteiger partial charge in [0.05, 0.1) is 17.8 Å². The predicted molar refractivity (Wildman–Crippen MR) is 66.6 cm³/mol. The minimum absolute atomic E-state index is 0.104. The normalized spacial score (nSPS) is 16.6. The van der Waals surface area contributed by atoms with Crippen molar-refractivity contribution >= 4 is 23.2 Å². The Kier molecular flexibility index (Phi) is 3.87.